The number of carbonyl (C=O) groups is 1. The molecule has 5 nitrogen and oxygen atoms in total. The lowest BCUT2D eigenvalue weighted by Crippen LogP contribution is -1.99. The fourth-order valence-electron chi connectivity index (χ4n) is 2.65. The Morgan fingerprint density at radius 3 is 2.66 bits per heavy atom. The average molecular weight is 405 g/mol. The number of hydrogen-bond donors (Lipinski definition) is 1. The Balaban J connectivity index is 1.89. The Morgan fingerprint density at radius 1 is 1.17 bits per heavy atom. The van der Waals surface area contributed by atoms with E-state index in [1.54, 1.807) is 12.1 Å². The average Bonchev–Trinajstić information content (AvgIpc) is 3.17. The Morgan fingerprint density at radius 2 is 1.97 bits per heavy atom. The number of hydrogen-bond acceptors (Lipinski definition) is 5. The van der Waals surface area contributed by atoms with Crippen LogP contribution in [0.1, 0.15) is 27.2 Å². The zero-order valence-corrected chi connectivity index (χ0v) is 16.6. The monoisotopic (exact) mass is 405 g/mol. The molecule has 0 spiro atoms. The van der Waals surface area contributed by atoms with Gasteiger partial charge < -0.3 is 14.6 Å². The van der Waals surface area contributed by atoms with E-state index in [2.05, 4.69) is 10.9 Å². The predicted octanol–water partition coefficient (Wildman–Crippen LogP) is 5.09. The molecule has 0 aliphatic carbocycles. The predicted molar refractivity (Wildman–Crippen MR) is 115 cm³/mol. The van der Waals surface area contributed by atoms with Gasteiger partial charge in [-0.2, -0.15) is 0 Å². The van der Waals surface area contributed by atoms with Gasteiger partial charge >= 0.3 is 5.97 Å². The minimum atomic E-state index is -0.991. The third kappa shape index (κ3) is 5.03. The zero-order valence-electron chi connectivity index (χ0n) is 15.8. The van der Waals surface area contributed by atoms with Gasteiger partial charge in [-0.25, -0.2) is 9.78 Å². The second-order valence-electron chi connectivity index (χ2n) is 5.87. The van der Waals surface area contributed by atoms with E-state index in [1.807, 2.05) is 55.5 Å². The van der Waals surface area contributed by atoms with Crippen molar-refractivity contribution in [1.82, 2.24) is 4.98 Å². The Labute approximate surface area is 173 Å². The minimum Gasteiger partial charge on any atom is -0.490 e. The van der Waals surface area contributed by atoms with Gasteiger partial charge in [-0.05, 0) is 30.7 Å². The van der Waals surface area contributed by atoms with Crippen LogP contribution in [-0.4, -0.2) is 29.3 Å². The molecule has 0 bridgehead atoms. The van der Waals surface area contributed by atoms with Crippen molar-refractivity contribution in [2.45, 2.75) is 6.92 Å². The van der Waals surface area contributed by atoms with Gasteiger partial charge in [0.1, 0.15) is 16.5 Å². The summed E-state index contributed by atoms with van der Waals surface area (Å²) in [5.41, 5.74) is 2.11. The molecular formula is C23H19NO4S. The molecule has 6 heteroatoms. The fraction of sp³-hybridized carbons (Fsp3) is 0.130. The maximum absolute atomic E-state index is 11.6. The summed E-state index contributed by atoms with van der Waals surface area (Å²) < 4.78 is 11.1. The van der Waals surface area contributed by atoms with Crippen LogP contribution in [0.15, 0.2) is 48.5 Å². The van der Waals surface area contributed by atoms with Crippen LogP contribution < -0.4 is 9.47 Å². The van der Waals surface area contributed by atoms with Crippen LogP contribution in [0.5, 0.6) is 11.5 Å². The molecular weight excluding hydrogens is 386 g/mol. The maximum Gasteiger partial charge on any atom is 0.348 e. The van der Waals surface area contributed by atoms with E-state index in [4.69, 9.17) is 15.9 Å². The quantitative estimate of drug-likeness (QED) is 0.529. The number of benzene rings is 2. The molecule has 0 saturated heterocycles. The first-order valence-corrected chi connectivity index (χ1v) is 9.74. The lowest BCUT2D eigenvalue weighted by atomic mass is 10.1. The van der Waals surface area contributed by atoms with Crippen LogP contribution in [0, 0.1) is 12.3 Å². The van der Waals surface area contributed by atoms with Crippen LogP contribution in [0.3, 0.4) is 0 Å². The highest BCUT2D eigenvalue weighted by molar-refractivity contribution is 7.15. The highest BCUT2D eigenvalue weighted by Crippen LogP contribution is 2.31. The number of thiazole rings is 1. The first kappa shape index (κ1) is 20.2. The van der Waals surface area contributed by atoms with Crippen LogP contribution in [0.2, 0.25) is 0 Å². The van der Waals surface area contributed by atoms with Gasteiger partial charge in [0.05, 0.1) is 12.3 Å². The van der Waals surface area contributed by atoms with Crippen LogP contribution >= 0.6 is 11.3 Å². The van der Waals surface area contributed by atoms with E-state index in [0.29, 0.717) is 28.8 Å². The summed E-state index contributed by atoms with van der Waals surface area (Å²) in [6.07, 6.45) is 8.89. The molecule has 2 aromatic carbocycles. The summed E-state index contributed by atoms with van der Waals surface area (Å²) in [5.74, 6) is 2.62. The molecule has 0 radical (unpaired) electrons. The Bertz CT molecular complexity index is 1060. The van der Waals surface area contributed by atoms with E-state index in [1.165, 1.54) is 0 Å². The van der Waals surface area contributed by atoms with Crippen molar-refractivity contribution in [3.05, 3.63) is 64.0 Å². The number of ether oxygens (including phenoxy) is 2. The largest absolute Gasteiger partial charge is 0.490 e. The first-order chi connectivity index (χ1) is 14.1. The van der Waals surface area contributed by atoms with E-state index in [9.17, 15) is 9.90 Å². The number of nitrogens with zero attached hydrogens (tertiary/aromatic N) is 1. The molecule has 3 aromatic rings. The van der Waals surface area contributed by atoms with Gasteiger partial charge in [-0.15, -0.1) is 17.8 Å². The second kappa shape index (κ2) is 9.58. The summed E-state index contributed by atoms with van der Waals surface area (Å²) in [6, 6.07) is 14.8. The third-order valence-corrected chi connectivity index (χ3v) is 4.89. The number of aromatic nitrogens is 1. The zero-order chi connectivity index (χ0) is 20.6. The molecule has 0 amide bonds. The summed E-state index contributed by atoms with van der Waals surface area (Å²) in [6.45, 7) is 2.55. The molecule has 146 valence electrons. The topological polar surface area (TPSA) is 68.7 Å². The van der Waals surface area contributed by atoms with Crippen molar-refractivity contribution >= 4 is 29.5 Å². The van der Waals surface area contributed by atoms with Crippen molar-refractivity contribution in [3.63, 3.8) is 0 Å². The van der Waals surface area contributed by atoms with Crippen molar-refractivity contribution in [2.24, 2.45) is 0 Å². The van der Waals surface area contributed by atoms with E-state index in [0.717, 1.165) is 22.5 Å². The van der Waals surface area contributed by atoms with Crippen molar-refractivity contribution in [2.75, 3.05) is 13.2 Å². The summed E-state index contributed by atoms with van der Waals surface area (Å²) in [4.78, 5) is 16.3. The molecule has 0 atom stereocenters. The molecule has 1 N–H and O–H groups in total. The molecule has 0 fully saturated rings. The number of terminal acetylenes is 1. The van der Waals surface area contributed by atoms with Gasteiger partial charge in [0.2, 0.25) is 0 Å². The third-order valence-electron chi connectivity index (χ3n) is 3.88. The highest BCUT2D eigenvalue weighted by atomic mass is 32.1. The summed E-state index contributed by atoms with van der Waals surface area (Å²) in [7, 11) is 0. The van der Waals surface area contributed by atoms with E-state index < -0.39 is 5.97 Å². The van der Waals surface area contributed by atoms with Gasteiger partial charge in [0.15, 0.2) is 11.5 Å². The van der Waals surface area contributed by atoms with E-state index >= 15 is 0 Å². The lowest BCUT2D eigenvalue weighted by Gasteiger charge is -2.10. The van der Waals surface area contributed by atoms with E-state index in [-0.39, 0.29) is 11.5 Å². The molecule has 0 aliphatic rings. The standard InChI is InChI=1S/C23H19NO4S/c1-3-14-28-18-12-10-16(15-19(18)27-4-2)11-13-20-24-21(22(29-20)23(25)26)17-8-6-5-7-9-17/h1,5-13,15H,4,14H2,2H3,(H,25,26)/b13-11+. The van der Waals surface area contributed by atoms with Crippen LogP contribution in [0.4, 0.5) is 0 Å². The maximum atomic E-state index is 11.6. The number of aromatic carboxylic acids is 1. The van der Waals surface area contributed by atoms with Crippen LogP contribution in [-0.2, 0) is 0 Å². The van der Waals surface area contributed by atoms with Crippen molar-refractivity contribution < 1.29 is 19.4 Å². The minimum absolute atomic E-state index is 0.161. The molecule has 0 saturated carbocycles. The number of carboxylic acid groups (broad SMARTS) is 1. The summed E-state index contributed by atoms with van der Waals surface area (Å²) >= 11 is 1.13. The Hall–Kier alpha value is -3.56. The fourth-order valence-corrected chi connectivity index (χ4v) is 3.48. The number of carboxylic acids is 1. The second-order valence-corrected chi connectivity index (χ2v) is 6.90. The molecule has 1 aromatic heterocycles. The van der Waals surface area contributed by atoms with Gasteiger partial charge in [-0.3, -0.25) is 0 Å². The molecule has 0 unspecified atom stereocenters. The molecule has 3 rings (SSSR count). The molecule has 29 heavy (non-hydrogen) atoms. The molecule has 0 aliphatic heterocycles. The highest BCUT2D eigenvalue weighted by Gasteiger charge is 2.17. The smallest absolute Gasteiger partial charge is 0.348 e. The summed E-state index contributed by atoms with van der Waals surface area (Å²) in [5, 5.41) is 10.1. The van der Waals surface area contributed by atoms with Crippen LogP contribution in [0.25, 0.3) is 23.4 Å². The Kier molecular flexibility index (Phi) is 6.67. The number of rotatable bonds is 8. The normalized spacial score (nSPS) is 10.6. The van der Waals surface area contributed by atoms with Crippen molar-refractivity contribution in [3.8, 4) is 35.1 Å². The van der Waals surface area contributed by atoms with Gasteiger partial charge in [0.25, 0.3) is 0 Å². The SMILES string of the molecule is C#CCOc1ccc(/C=C/c2nc(-c3ccccc3)c(C(=O)O)s2)cc1OCC. The van der Waals surface area contributed by atoms with Crippen molar-refractivity contribution in [1.29, 1.82) is 0 Å². The lowest BCUT2D eigenvalue weighted by molar-refractivity contribution is 0.0702. The molecule has 1 heterocycles. The van der Waals surface area contributed by atoms with Gasteiger partial charge in [-0.1, -0.05) is 48.4 Å². The van der Waals surface area contributed by atoms with Gasteiger partial charge in [0, 0.05) is 5.56 Å². The first-order valence-electron chi connectivity index (χ1n) is 8.93.